The molecule has 1 N–H and O–H groups in total. The molecule has 0 radical (unpaired) electrons. The molecule has 0 fully saturated rings. The summed E-state index contributed by atoms with van der Waals surface area (Å²) in [6, 6.07) is 15.3. The molecule has 1 aromatic carbocycles. The minimum atomic E-state index is -4.68. The van der Waals surface area contributed by atoms with E-state index in [1.54, 1.807) is 30.1 Å². The van der Waals surface area contributed by atoms with Crippen molar-refractivity contribution < 1.29 is 18.0 Å². The number of nitriles is 1. The van der Waals surface area contributed by atoms with Gasteiger partial charge in [0, 0.05) is 23.3 Å². The lowest BCUT2D eigenvalue weighted by atomic mass is 10.1. The van der Waals surface area contributed by atoms with E-state index in [1.807, 2.05) is 36.4 Å². The quantitative estimate of drug-likeness (QED) is 0.443. The van der Waals surface area contributed by atoms with Gasteiger partial charge in [-0.2, -0.15) is 18.4 Å². The summed E-state index contributed by atoms with van der Waals surface area (Å²) in [5, 5.41) is 12.7. The number of aryl methyl sites for hydroxylation is 1. The summed E-state index contributed by atoms with van der Waals surface area (Å²) in [7, 11) is 0. The lowest BCUT2D eigenvalue weighted by molar-refractivity contribution is -0.138. The fraction of sp³-hybridized carbons (Fsp3) is 0.182. The Balaban J connectivity index is 1.63. The molecular formula is C22H17F3N4OS2. The van der Waals surface area contributed by atoms with E-state index in [2.05, 4.69) is 15.3 Å². The van der Waals surface area contributed by atoms with E-state index in [9.17, 15) is 23.2 Å². The topological polar surface area (TPSA) is 78.7 Å². The van der Waals surface area contributed by atoms with Gasteiger partial charge in [-0.25, -0.2) is 9.97 Å². The number of rotatable bonds is 7. The van der Waals surface area contributed by atoms with Crippen LogP contribution in [0, 0.1) is 18.3 Å². The molecule has 0 atom stereocenters. The highest BCUT2D eigenvalue weighted by Crippen LogP contribution is 2.35. The molecule has 1 amide bonds. The van der Waals surface area contributed by atoms with Crippen LogP contribution in [0.4, 0.5) is 18.9 Å². The standard InChI is InChI=1S/C22H17F3N4OS2/c1-14-9-18(22(23,24)25)17(11-26)21(28-14)32-13-19(30)29-16-6-4-5-15(10-16)12-31-20-7-2-3-8-27-20/h2-10H,12-13H2,1H3,(H,29,30). The van der Waals surface area contributed by atoms with Crippen LogP contribution in [-0.2, 0) is 16.7 Å². The fourth-order valence-corrected chi connectivity index (χ4v) is 4.39. The summed E-state index contributed by atoms with van der Waals surface area (Å²) in [4.78, 5) is 20.6. The summed E-state index contributed by atoms with van der Waals surface area (Å²) < 4.78 is 39.7. The molecule has 0 aliphatic rings. The number of alkyl halides is 3. The number of amides is 1. The van der Waals surface area contributed by atoms with Crippen LogP contribution < -0.4 is 5.32 Å². The lowest BCUT2D eigenvalue weighted by Crippen LogP contribution is -2.15. The molecule has 0 aliphatic heterocycles. The molecular weight excluding hydrogens is 457 g/mol. The van der Waals surface area contributed by atoms with E-state index in [0.29, 0.717) is 11.4 Å². The van der Waals surface area contributed by atoms with Crippen molar-refractivity contribution >= 4 is 35.1 Å². The zero-order chi connectivity index (χ0) is 23.1. The number of hydrogen-bond donors (Lipinski definition) is 1. The average Bonchev–Trinajstić information content (AvgIpc) is 2.76. The molecule has 32 heavy (non-hydrogen) atoms. The maximum absolute atomic E-state index is 13.2. The van der Waals surface area contributed by atoms with Gasteiger partial charge in [-0.3, -0.25) is 4.79 Å². The Morgan fingerprint density at radius 3 is 2.66 bits per heavy atom. The van der Waals surface area contributed by atoms with Gasteiger partial charge in [0.05, 0.1) is 21.9 Å². The third kappa shape index (κ3) is 6.48. The van der Waals surface area contributed by atoms with Crippen LogP contribution in [0.25, 0.3) is 0 Å². The van der Waals surface area contributed by atoms with Gasteiger partial charge in [0.2, 0.25) is 5.91 Å². The second-order valence-corrected chi connectivity index (χ2v) is 8.55. The van der Waals surface area contributed by atoms with Crippen LogP contribution in [0.1, 0.15) is 22.4 Å². The van der Waals surface area contributed by atoms with Gasteiger partial charge in [0.15, 0.2) is 0 Å². The average molecular weight is 475 g/mol. The fourth-order valence-electron chi connectivity index (χ4n) is 2.74. The number of pyridine rings is 2. The highest BCUT2D eigenvalue weighted by atomic mass is 32.2. The Hall–Kier alpha value is -3.03. The first-order valence-corrected chi connectivity index (χ1v) is 11.3. The first-order valence-electron chi connectivity index (χ1n) is 9.30. The largest absolute Gasteiger partial charge is 0.417 e. The Bertz CT molecular complexity index is 1150. The molecule has 0 saturated heterocycles. The first kappa shape index (κ1) is 23.6. The van der Waals surface area contributed by atoms with E-state index in [-0.39, 0.29) is 16.5 Å². The summed E-state index contributed by atoms with van der Waals surface area (Å²) in [5.74, 6) is 0.0642. The zero-order valence-corrected chi connectivity index (χ0v) is 18.4. The van der Waals surface area contributed by atoms with Crippen LogP contribution in [0.5, 0.6) is 0 Å². The van der Waals surface area contributed by atoms with E-state index in [1.165, 1.54) is 6.92 Å². The zero-order valence-electron chi connectivity index (χ0n) is 16.8. The molecule has 0 bridgehead atoms. The molecule has 0 aliphatic carbocycles. The van der Waals surface area contributed by atoms with Crippen molar-refractivity contribution in [3.63, 3.8) is 0 Å². The Kier molecular flexibility index (Phi) is 7.77. The van der Waals surface area contributed by atoms with Crippen LogP contribution in [-0.4, -0.2) is 21.6 Å². The van der Waals surface area contributed by atoms with Crippen molar-refractivity contribution in [2.75, 3.05) is 11.1 Å². The van der Waals surface area contributed by atoms with Crippen LogP contribution in [0.3, 0.4) is 0 Å². The summed E-state index contributed by atoms with van der Waals surface area (Å²) >= 11 is 2.36. The molecule has 2 heterocycles. The van der Waals surface area contributed by atoms with Crippen molar-refractivity contribution in [1.82, 2.24) is 9.97 Å². The lowest BCUT2D eigenvalue weighted by Gasteiger charge is -2.13. The molecule has 5 nitrogen and oxygen atoms in total. The molecule has 0 spiro atoms. The number of aromatic nitrogens is 2. The van der Waals surface area contributed by atoms with Crippen molar-refractivity contribution in [2.45, 2.75) is 28.9 Å². The SMILES string of the molecule is Cc1cc(C(F)(F)F)c(C#N)c(SCC(=O)Nc2cccc(CSc3ccccn3)c2)n1. The van der Waals surface area contributed by atoms with Crippen molar-refractivity contribution in [3.05, 3.63) is 77.1 Å². The number of thioether (sulfide) groups is 2. The third-order valence-corrected chi connectivity index (χ3v) is 6.10. The monoisotopic (exact) mass is 474 g/mol. The van der Waals surface area contributed by atoms with Gasteiger partial charge in [-0.15, -0.1) is 11.8 Å². The van der Waals surface area contributed by atoms with Gasteiger partial charge in [-0.1, -0.05) is 30.0 Å². The normalized spacial score (nSPS) is 11.1. The Labute approximate surface area is 191 Å². The van der Waals surface area contributed by atoms with Gasteiger partial charge >= 0.3 is 6.18 Å². The summed E-state index contributed by atoms with van der Waals surface area (Å²) in [5.41, 5.74) is 0.0525. The minimum absolute atomic E-state index is 0.115. The maximum atomic E-state index is 13.2. The molecule has 2 aromatic heterocycles. The molecule has 10 heteroatoms. The number of nitrogens with zero attached hydrogens (tertiary/aromatic N) is 3. The first-order chi connectivity index (χ1) is 15.3. The van der Waals surface area contributed by atoms with E-state index in [4.69, 9.17) is 0 Å². The highest BCUT2D eigenvalue weighted by molar-refractivity contribution is 8.00. The van der Waals surface area contributed by atoms with E-state index in [0.717, 1.165) is 28.4 Å². The van der Waals surface area contributed by atoms with Crippen molar-refractivity contribution in [2.24, 2.45) is 0 Å². The molecule has 3 rings (SSSR count). The van der Waals surface area contributed by atoms with Crippen molar-refractivity contribution in [3.8, 4) is 6.07 Å². The molecule has 0 unspecified atom stereocenters. The number of carbonyl (C=O) groups is 1. The number of nitrogens with one attached hydrogen (secondary N) is 1. The predicted octanol–water partition coefficient (Wildman–Crippen LogP) is 5.70. The second-order valence-electron chi connectivity index (χ2n) is 6.59. The maximum Gasteiger partial charge on any atom is 0.417 e. The van der Waals surface area contributed by atoms with Crippen LogP contribution >= 0.6 is 23.5 Å². The number of hydrogen-bond acceptors (Lipinski definition) is 6. The van der Waals surface area contributed by atoms with Gasteiger partial charge in [-0.05, 0) is 42.8 Å². The number of carbonyl (C=O) groups excluding carboxylic acids is 1. The Morgan fingerprint density at radius 1 is 1.16 bits per heavy atom. The minimum Gasteiger partial charge on any atom is -0.325 e. The molecule has 3 aromatic rings. The van der Waals surface area contributed by atoms with Crippen molar-refractivity contribution in [1.29, 1.82) is 5.26 Å². The van der Waals surface area contributed by atoms with Crippen LogP contribution in [0.15, 0.2) is 64.8 Å². The number of benzene rings is 1. The Morgan fingerprint density at radius 2 is 1.97 bits per heavy atom. The summed E-state index contributed by atoms with van der Waals surface area (Å²) in [6.07, 6.45) is -2.96. The third-order valence-electron chi connectivity index (χ3n) is 4.11. The van der Waals surface area contributed by atoms with E-state index < -0.39 is 23.2 Å². The van der Waals surface area contributed by atoms with Gasteiger partial charge in [0.1, 0.15) is 11.1 Å². The number of halogens is 3. The van der Waals surface area contributed by atoms with Gasteiger partial charge in [0.25, 0.3) is 0 Å². The molecule has 0 saturated carbocycles. The van der Waals surface area contributed by atoms with Gasteiger partial charge < -0.3 is 5.32 Å². The summed E-state index contributed by atoms with van der Waals surface area (Å²) in [6.45, 7) is 1.41. The molecule has 164 valence electrons. The highest BCUT2D eigenvalue weighted by Gasteiger charge is 2.35. The smallest absolute Gasteiger partial charge is 0.325 e. The predicted molar refractivity (Wildman–Crippen MR) is 118 cm³/mol. The van der Waals surface area contributed by atoms with E-state index >= 15 is 0 Å². The number of anilines is 1. The van der Waals surface area contributed by atoms with Crippen LogP contribution in [0.2, 0.25) is 0 Å². The second kappa shape index (κ2) is 10.5.